The van der Waals surface area contributed by atoms with Gasteiger partial charge in [0, 0.05) is 39.6 Å². The smallest absolute Gasteiger partial charge is 0.414 e. The number of aliphatic carboxylic acids is 2. The van der Waals surface area contributed by atoms with E-state index in [0.29, 0.717) is 25.7 Å². The number of ketones is 1. The van der Waals surface area contributed by atoms with E-state index in [0.717, 1.165) is 19.3 Å². The van der Waals surface area contributed by atoms with Crippen LogP contribution in [0.15, 0.2) is 0 Å². The van der Waals surface area contributed by atoms with Crippen molar-refractivity contribution in [2.75, 3.05) is 13.2 Å². The first-order chi connectivity index (χ1) is 15.0. The zero-order valence-electron chi connectivity index (χ0n) is 18.9. The Morgan fingerprint density at radius 2 is 1.61 bits per heavy atom. The van der Waals surface area contributed by atoms with Crippen molar-refractivity contribution < 1.29 is 64.7 Å². The Kier molecular flexibility index (Phi) is 18.7. The number of carboxylic acid groups (broad SMARTS) is 2. The molecule has 7 N–H and O–H groups in total. The van der Waals surface area contributed by atoms with Crippen LogP contribution in [0.25, 0.3) is 0 Å². The quantitative estimate of drug-likeness (QED) is 0.109. The Labute approximate surface area is 207 Å². The summed E-state index contributed by atoms with van der Waals surface area (Å²) in [5.41, 5.74) is 11.7. The van der Waals surface area contributed by atoms with Gasteiger partial charge in [-0.3, -0.25) is 9.59 Å². The number of unbranched alkanes of at least 4 members (excludes halogenated alkanes) is 2. The predicted octanol–water partition coefficient (Wildman–Crippen LogP) is -0.439. The molecule has 0 heterocycles. The summed E-state index contributed by atoms with van der Waals surface area (Å²) < 4.78 is 10.4. The van der Waals surface area contributed by atoms with Gasteiger partial charge in [-0.1, -0.05) is 26.2 Å². The average Bonchev–Trinajstić information content (AvgIpc) is 2.70. The topological polar surface area (TPSA) is 208 Å². The minimum atomic E-state index is -1.82. The van der Waals surface area contributed by atoms with Crippen molar-refractivity contribution in [2.45, 2.75) is 83.0 Å². The van der Waals surface area contributed by atoms with Gasteiger partial charge in [0.2, 0.25) is 5.91 Å². The normalized spacial score (nSPS) is 20.2. The summed E-state index contributed by atoms with van der Waals surface area (Å²) in [5, 5.41) is 17.4. The number of esters is 1. The van der Waals surface area contributed by atoms with Crippen LogP contribution in [0.2, 0.25) is 0 Å². The number of hydrogen-bond donors (Lipinski definition) is 5. The number of nitrogens with one attached hydrogen (secondary N) is 1. The third kappa shape index (κ3) is 16.4. The van der Waals surface area contributed by atoms with Crippen LogP contribution in [0.3, 0.4) is 0 Å². The van der Waals surface area contributed by atoms with Crippen molar-refractivity contribution in [1.29, 1.82) is 0 Å². The molecule has 1 saturated carbocycles. The second-order valence-corrected chi connectivity index (χ2v) is 7.58. The number of carboxylic acids is 2. The summed E-state index contributed by atoms with van der Waals surface area (Å²) in [4.78, 5) is 53.4. The van der Waals surface area contributed by atoms with E-state index in [4.69, 9.17) is 40.7 Å². The van der Waals surface area contributed by atoms with Crippen molar-refractivity contribution >= 4 is 29.6 Å². The van der Waals surface area contributed by atoms with Crippen LogP contribution in [0.1, 0.15) is 58.8 Å². The molecule has 0 aromatic carbocycles. The molecule has 1 unspecified atom stereocenters. The zero-order valence-corrected chi connectivity index (χ0v) is 21.2. The Morgan fingerprint density at radius 1 is 1.00 bits per heavy atom. The number of rotatable bonds is 11. The fourth-order valence-electron chi connectivity index (χ4n) is 2.95. The number of carbonyl (C=O) groups excluding carboxylic acids is 3. The second kappa shape index (κ2) is 18.5. The van der Waals surface area contributed by atoms with Crippen molar-refractivity contribution in [3.63, 3.8) is 0 Å². The van der Waals surface area contributed by atoms with Crippen LogP contribution in [0, 0.1) is 0 Å². The van der Waals surface area contributed by atoms with Crippen LogP contribution in [0.5, 0.6) is 0 Å². The molecule has 1 rings (SSSR count). The maximum absolute atomic E-state index is 11.9. The molecule has 13 heteroatoms. The minimum Gasteiger partial charge on any atom is -0.473 e. The van der Waals surface area contributed by atoms with E-state index in [1.807, 2.05) is 0 Å². The molecule has 1 fully saturated rings. The van der Waals surface area contributed by atoms with E-state index >= 15 is 0 Å². The Morgan fingerprint density at radius 3 is 2.09 bits per heavy atom. The number of hydrogen-bond acceptors (Lipinski definition) is 9. The van der Waals surface area contributed by atoms with Gasteiger partial charge in [0.1, 0.15) is 19.3 Å². The SMILES string of the molecule is CCCCCC(NC(=O)COCC(=O)O[C@H]1CC[C@@H](N)[C@H](N)C1)C(C)=O.O=C(O)C(=O)O.[Pt]. The molecule has 0 spiro atoms. The zero-order chi connectivity index (χ0) is 24.7. The fraction of sp³-hybridized carbons (Fsp3) is 0.750. The maximum Gasteiger partial charge on any atom is 0.414 e. The van der Waals surface area contributed by atoms with Crippen LogP contribution < -0.4 is 16.8 Å². The Bertz CT molecular complexity index is 636. The summed E-state index contributed by atoms with van der Waals surface area (Å²) in [6, 6.07) is -0.738. The van der Waals surface area contributed by atoms with E-state index in [1.165, 1.54) is 6.92 Å². The molecular formula is C20H35N3O9Pt. The molecule has 0 aliphatic heterocycles. The van der Waals surface area contributed by atoms with E-state index in [2.05, 4.69) is 12.2 Å². The molecule has 0 bridgehead atoms. The average molecular weight is 657 g/mol. The van der Waals surface area contributed by atoms with Gasteiger partial charge in [0.15, 0.2) is 5.78 Å². The molecule has 0 aromatic rings. The van der Waals surface area contributed by atoms with Gasteiger partial charge >= 0.3 is 17.9 Å². The summed E-state index contributed by atoms with van der Waals surface area (Å²) in [7, 11) is 0. The number of nitrogens with two attached hydrogens (primary N) is 2. The molecule has 0 aromatic heterocycles. The minimum absolute atomic E-state index is 0. The molecule has 12 nitrogen and oxygen atoms in total. The third-order valence-electron chi connectivity index (χ3n) is 4.76. The van der Waals surface area contributed by atoms with Crippen LogP contribution in [-0.2, 0) is 54.5 Å². The van der Waals surface area contributed by atoms with E-state index in [1.54, 1.807) is 0 Å². The van der Waals surface area contributed by atoms with Crippen LogP contribution >= 0.6 is 0 Å². The predicted molar refractivity (Wildman–Crippen MR) is 113 cm³/mol. The van der Waals surface area contributed by atoms with Crippen molar-refractivity contribution in [3.8, 4) is 0 Å². The molecule has 194 valence electrons. The van der Waals surface area contributed by atoms with Gasteiger partial charge in [0.05, 0.1) is 6.04 Å². The van der Waals surface area contributed by atoms with Gasteiger partial charge in [-0.2, -0.15) is 0 Å². The molecule has 0 saturated heterocycles. The first kappa shape index (κ1) is 33.3. The maximum atomic E-state index is 11.9. The molecule has 33 heavy (non-hydrogen) atoms. The molecule has 0 radical (unpaired) electrons. The van der Waals surface area contributed by atoms with E-state index < -0.39 is 29.9 Å². The van der Waals surface area contributed by atoms with Gasteiger partial charge < -0.3 is 36.5 Å². The van der Waals surface area contributed by atoms with Crippen molar-refractivity contribution in [2.24, 2.45) is 11.5 Å². The van der Waals surface area contributed by atoms with Crippen molar-refractivity contribution in [3.05, 3.63) is 0 Å². The first-order valence-electron chi connectivity index (χ1n) is 10.5. The summed E-state index contributed by atoms with van der Waals surface area (Å²) in [5.74, 6) is -4.68. The molecule has 1 aliphatic carbocycles. The van der Waals surface area contributed by atoms with Gasteiger partial charge in [-0.15, -0.1) is 0 Å². The van der Waals surface area contributed by atoms with Crippen LogP contribution in [-0.4, -0.2) is 77.3 Å². The largest absolute Gasteiger partial charge is 0.473 e. The number of carbonyl (C=O) groups is 5. The Hall–Kier alpha value is -1.88. The van der Waals surface area contributed by atoms with Gasteiger partial charge in [-0.25, -0.2) is 14.4 Å². The number of Topliss-reactive ketones (excluding diaryl/α,β-unsaturated/α-hetero) is 1. The third-order valence-corrected chi connectivity index (χ3v) is 4.76. The fourth-order valence-corrected chi connectivity index (χ4v) is 2.95. The monoisotopic (exact) mass is 656 g/mol. The standard InChI is InChI=1S/C18H33N3O5.C2H2O4.Pt/c1-3-4-5-6-16(12(2)22)21-17(23)10-25-11-18(24)26-13-7-8-14(19)15(20)9-13;3-1(4)2(5)6;/h13-16H,3-11,19-20H2,1-2H3,(H,21,23);(H,3,4)(H,5,6);/t13-,14+,15+,16?;;/m0../s1. The van der Waals surface area contributed by atoms with Crippen LogP contribution in [0.4, 0.5) is 0 Å². The first-order valence-corrected chi connectivity index (χ1v) is 10.5. The van der Waals surface area contributed by atoms with E-state index in [9.17, 15) is 14.4 Å². The molecule has 1 aliphatic rings. The second-order valence-electron chi connectivity index (χ2n) is 7.58. The molecular weight excluding hydrogens is 621 g/mol. The van der Waals surface area contributed by atoms with Gasteiger partial charge in [-0.05, 0) is 26.2 Å². The summed E-state index contributed by atoms with van der Waals surface area (Å²) in [6.07, 6.45) is 5.22. The summed E-state index contributed by atoms with van der Waals surface area (Å²) in [6.45, 7) is 2.92. The van der Waals surface area contributed by atoms with Gasteiger partial charge in [0.25, 0.3) is 0 Å². The number of amides is 1. The van der Waals surface area contributed by atoms with E-state index in [-0.39, 0.29) is 58.2 Å². The molecule has 1 amide bonds. The Balaban J connectivity index is 0. The molecule has 4 atom stereocenters. The number of ether oxygens (including phenoxy) is 2. The summed E-state index contributed by atoms with van der Waals surface area (Å²) >= 11 is 0. The van der Waals surface area contributed by atoms with Crippen molar-refractivity contribution in [1.82, 2.24) is 5.32 Å².